The summed E-state index contributed by atoms with van der Waals surface area (Å²) in [6.07, 6.45) is 3.07. The Morgan fingerprint density at radius 3 is 2.43 bits per heavy atom. The van der Waals surface area contributed by atoms with Crippen LogP contribution in [-0.2, 0) is 25.5 Å². The Morgan fingerprint density at radius 1 is 1.00 bits per heavy atom. The fraction of sp³-hybridized carbons (Fsp3) is 0.143. The van der Waals surface area contributed by atoms with Gasteiger partial charge in [-0.3, -0.25) is 14.4 Å². The lowest BCUT2D eigenvalue weighted by molar-refractivity contribution is -0.120. The van der Waals surface area contributed by atoms with Crippen LogP contribution >= 0.6 is 0 Å². The molecule has 2 aromatic carbocycles. The molecule has 0 aromatic heterocycles. The van der Waals surface area contributed by atoms with Crippen molar-refractivity contribution in [1.29, 1.82) is 0 Å². The third-order valence-corrected chi connectivity index (χ3v) is 4.16. The largest absolute Gasteiger partial charge is 0.452 e. The molecule has 0 radical (unpaired) electrons. The molecule has 0 unspecified atom stereocenters. The van der Waals surface area contributed by atoms with Crippen LogP contribution in [0, 0.1) is 0 Å². The molecule has 0 aliphatic carbocycles. The molecule has 3 amide bonds. The van der Waals surface area contributed by atoms with Crippen molar-refractivity contribution in [3.05, 3.63) is 71.8 Å². The molecule has 3 rings (SSSR count). The number of nitrogens with zero attached hydrogens (tertiary/aromatic N) is 1. The third kappa shape index (κ3) is 4.15. The van der Waals surface area contributed by atoms with E-state index in [1.807, 2.05) is 25.1 Å². The first kappa shape index (κ1) is 19.0. The Balaban J connectivity index is 1.62. The van der Waals surface area contributed by atoms with Gasteiger partial charge in [-0.25, -0.2) is 9.69 Å². The Hall–Kier alpha value is -3.74. The quantitative estimate of drug-likeness (QED) is 0.616. The van der Waals surface area contributed by atoms with Crippen LogP contribution in [0.4, 0.5) is 11.4 Å². The van der Waals surface area contributed by atoms with Crippen molar-refractivity contribution in [3.63, 3.8) is 0 Å². The highest BCUT2D eigenvalue weighted by molar-refractivity contribution is 6.28. The average Bonchev–Trinajstić information content (AvgIpc) is 3.04. The molecule has 1 aliphatic heterocycles. The highest BCUT2D eigenvalue weighted by Crippen LogP contribution is 2.21. The van der Waals surface area contributed by atoms with Gasteiger partial charge in [0.15, 0.2) is 6.61 Å². The molecular formula is C21H18N2O5. The Kier molecular flexibility index (Phi) is 5.64. The van der Waals surface area contributed by atoms with E-state index < -0.39 is 30.3 Å². The zero-order valence-electron chi connectivity index (χ0n) is 15.2. The van der Waals surface area contributed by atoms with Gasteiger partial charge in [0.1, 0.15) is 0 Å². The number of rotatable bonds is 6. The first-order valence-corrected chi connectivity index (χ1v) is 8.70. The minimum Gasteiger partial charge on any atom is -0.452 e. The van der Waals surface area contributed by atoms with Crippen molar-refractivity contribution in [3.8, 4) is 0 Å². The predicted octanol–water partition coefficient (Wildman–Crippen LogP) is 2.47. The third-order valence-electron chi connectivity index (χ3n) is 4.16. The number of ether oxygens (including phenoxy) is 1. The molecule has 2 aromatic rings. The Labute approximate surface area is 161 Å². The SMILES string of the molecule is CCc1ccccc1NC(=O)COC(=O)c1cccc(N2C(=O)C=CC2=O)c1. The van der Waals surface area contributed by atoms with Crippen molar-refractivity contribution < 1.29 is 23.9 Å². The molecule has 1 N–H and O–H groups in total. The number of imide groups is 1. The molecular weight excluding hydrogens is 360 g/mol. The molecule has 0 spiro atoms. The van der Waals surface area contributed by atoms with E-state index in [4.69, 9.17) is 4.74 Å². The second-order valence-corrected chi connectivity index (χ2v) is 6.03. The minimum atomic E-state index is -0.729. The summed E-state index contributed by atoms with van der Waals surface area (Å²) in [5.41, 5.74) is 2.04. The lowest BCUT2D eigenvalue weighted by Gasteiger charge is -2.14. The topological polar surface area (TPSA) is 92.8 Å². The fourth-order valence-electron chi connectivity index (χ4n) is 2.78. The van der Waals surface area contributed by atoms with Crippen LogP contribution in [0.25, 0.3) is 0 Å². The Bertz CT molecular complexity index is 962. The molecule has 7 nitrogen and oxygen atoms in total. The van der Waals surface area contributed by atoms with Gasteiger partial charge >= 0.3 is 5.97 Å². The maximum Gasteiger partial charge on any atom is 0.338 e. The average molecular weight is 378 g/mol. The Morgan fingerprint density at radius 2 is 1.71 bits per heavy atom. The van der Waals surface area contributed by atoms with Gasteiger partial charge in [0, 0.05) is 17.8 Å². The number of nitrogens with one attached hydrogen (secondary N) is 1. The van der Waals surface area contributed by atoms with E-state index in [1.165, 1.54) is 24.3 Å². The van der Waals surface area contributed by atoms with Crippen LogP contribution in [0.1, 0.15) is 22.8 Å². The minimum absolute atomic E-state index is 0.131. The molecule has 1 aliphatic rings. The summed E-state index contributed by atoms with van der Waals surface area (Å²) in [7, 11) is 0. The molecule has 0 fully saturated rings. The highest BCUT2D eigenvalue weighted by Gasteiger charge is 2.25. The van der Waals surface area contributed by atoms with E-state index in [1.54, 1.807) is 6.07 Å². The normalized spacial score (nSPS) is 13.0. The number of carbonyl (C=O) groups excluding carboxylic acids is 4. The monoisotopic (exact) mass is 378 g/mol. The molecule has 0 atom stereocenters. The van der Waals surface area contributed by atoms with Gasteiger partial charge in [0.2, 0.25) is 0 Å². The van der Waals surface area contributed by atoms with Gasteiger partial charge in [-0.15, -0.1) is 0 Å². The first-order valence-electron chi connectivity index (χ1n) is 8.70. The summed E-state index contributed by atoms with van der Waals surface area (Å²) in [5, 5.41) is 2.71. The lowest BCUT2D eigenvalue weighted by Crippen LogP contribution is -2.29. The van der Waals surface area contributed by atoms with E-state index in [0.717, 1.165) is 29.0 Å². The van der Waals surface area contributed by atoms with Crippen molar-refractivity contribution in [2.24, 2.45) is 0 Å². The molecule has 28 heavy (non-hydrogen) atoms. The second kappa shape index (κ2) is 8.30. The molecule has 1 heterocycles. The van der Waals surface area contributed by atoms with Crippen LogP contribution in [0.15, 0.2) is 60.7 Å². The molecule has 0 saturated heterocycles. The number of para-hydroxylation sites is 1. The number of amides is 3. The van der Waals surface area contributed by atoms with Gasteiger partial charge in [-0.2, -0.15) is 0 Å². The van der Waals surface area contributed by atoms with Gasteiger partial charge < -0.3 is 10.1 Å². The summed E-state index contributed by atoms with van der Waals surface area (Å²) < 4.78 is 5.05. The maximum absolute atomic E-state index is 12.2. The van der Waals surface area contributed by atoms with E-state index >= 15 is 0 Å². The van der Waals surface area contributed by atoms with Crippen molar-refractivity contribution in [2.45, 2.75) is 13.3 Å². The van der Waals surface area contributed by atoms with Crippen LogP contribution in [0.2, 0.25) is 0 Å². The van der Waals surface area contributed by atoms with Crippen molar-refractivity contribution in [2.75, 3.05) is 16.8 Å². The number of benzene rings is 2. The summed E-state index contributed by atoms with van der Waals surface area (Å²) in [6, 6.07) is 13.3. The summed E-state index contributed by atoms with van der Waals surface area (Å²) in [5.74, 6) is -2.15. The number of anilines is 2. The molecule has 7 heteroatoms. The zero-order valence-corrected chi connectivity index (χ0v) is 15.2. The summed E-state index contributed by atoms with van der Waals surface area (Å²) in [4.78, 5) is 48.8. The number of hydrogen-bond donors (Lipinski definition) is 1. The number of carbonyl (C=O) groups is 4. The van der Waals surface area contributed by atoms with Crippen LogP contribution < -0.4 is 10.2 Å². The van der Waals surface area contributed by atoms with E-state index in [9.17, 15) is 19.2 Å². The summed E-state index contributed by atoms with van der Waals surface area (Å²) >= 11 is 0. The van der Waals surface area contributed by atoms with Crippen LogP contribution in [-0.4, -0.2) is 30.3 Å². The van der Waals surface area contributed by atoms with E-state index in [0.29, 0.717) is 5.69 Å². The standard InChI is InChI=1S/C21H18N2O5/c1-2-14-6-3-4-9-17(14)22-18(24)13-28-21(27)15-7-5-8-16(12-15)23-19(25)10-11-20(23)26/h3-12H,2,13H2,1H3,(H,22,24). The number of esters is 1. The zero-order chi connectivity index (χ0) is 20.1. The number of aryl methyl sites for hydroxylation is 1. The summed E-state index contributed by atoms with van der Waals surface area (Å²) in [6.45, 7) is 1.52. The lowest BCUT2D eigenvalue weighted by atomic mass is 10.1. The molecule has 0 saturated carbocycles. The van der Waals surface area contributed by atoms with Crippen molar-refractivity contribution >= 4 is 35.1 Å². The smallest absolute Gasteiger partial charge is 0.338 e. The van der Waals surface area contributed by atoms with Crippen LogP contribution in [0.3, 0.4) is 0 Å². The predicted molar refractivity (Wildman–Crippen MR) is 103 cm³/mol. The van der Waals surface area contributed by atoms with Crippen LogP contribution in [0.5, 0.6) is 0 Å². The first-order chi connectivity index (χ1) is 13.5. The molecule has 0 bridgehead atoms. The van der Waals surface area contributed by atoms with Gasteiger partial charge in [0.25, 0.3) is 17.7 Å². The van der Waals surface area contributed by atoms with Gasteiger partial charge in [0.05, 0.1) is 11.3 Å². The van der Waals surface area contributed by atoms with E-state index in [2.05, 4.69) is 5.32 Å². The maximum atomic E-state index is 12.2. The highest BCUT2D eigenvalue weighted by atomic mass is 16.5. The van der Waals surface area contributed by atoms with Gasteiger partial charge in [-0.05, 0) is 36.2 Å². The number of hydrogen-bond acceptors (Lipinski definition) is 5. The van der Waals surface area contributed by atoms with E-state index in [-0.39, 0.29) is 11.3 Å². The fourth-order valence-corrected chi connectivity index (χ4v) is 2.78. The van der Waals surface area contributed by atoms with Crippen molar-refractivity contribution in [1.82, 2.24) is 0 Å². The second-order valence-electron chi connectivity index (χ2n) is 6.03. The van der Waals surface area contributed by atoms with Gasteiger partial charge in [-0.1, -0.05) is 31.2 Å². The molecule has 142 valence electrons.